The molecule has 0 atom stereocenters. The summed E-state index contributed by atoms with van der Waals surface area (Å²) in [7, 11) is 1.65. The first-order valence-corrected chi connectivity index (χ1v) is 9.66. The summed E-state index contributed by atoms with van der Waals surface area (Å²) < 4.78 is 10.5. The lowest BCUT2D eigenvalue weighted by molar-refractivity contribution is 0.0398. The zero-order valence-corrected chi connectivity index (χ0v) is 16.3. The molecule has 1 saturated heterocycles. The number of carbonyl (C=O) groups is 1. The number of aromatic nitrogens is 1. The molecular formula is C21H28N4O3. The van der Waals surface area contributed by atoms with Crippen molar-refractivity contribution in [3.63, 3.8) is 0 Å². The van der Waals surface area contributed by atoms with Crippen molar-refractivity contribution >= 4 is 11.7 Å². The van der Waals surface area contributed by atoms with E-state index in [2.05, 4.69) is 20.5 Å². The summed E-state index contributed by atoms with van der Waals surface area (Å²) in [6, 6.07) is 11.5. The molecule has 7 heteroatoms. The van der Waals surface area contributed by atoms with Gasteiger partial charge in [-0.15, -0.1) is 0 Å². The van der Waals surface area contributed by atoms with Crippen molar-refractivity contribution in [2.75, 3.05) is 58.4 Å². The van der Waals surface area contributed by atoms with Gasteiger partial charge < -0.3 is 20.1 Å². The Hall–Kier alpha value is -2.64. The minimum Gasteiger partial charge on any atom is -0.497 e. The van der Waals surface area contributed by atoms with Gasteiger partial charge in [-0.1, -0.05) is 12.1 Å². The van der Waals surface area contributed by atoms with Gasteiger partial charge in [0.1, 0.15) is 11.6 Å². The van der Waals surface area contributed by atoms with Crippen molar-refractivity contribution in [2.45, 2.75) is 6.42 Å². The molecule has 150 valence electrons. The van der Waals surface area contributed by atoms with Gasteiger partial charge in [-0.25, -0.2) is 4.98 Å². The fourth-order valence-electron chi connectivity index (χ4n) is 3.01. The van der Waals surface area contributed by atoms with Gasteiger partial charge in [0.05, 0.1) is 25.9 Å². The highest BCUT2D eigenvalue weighted by atomic mass is 16.5. The maximum absolute atomic E-state index is 12.3. The van der Waals surface area contributed by atoms with E-state index in [4.69, 9.17) is 9.47 Å². The summed E-state index contributed by atoms with van der Waals surface area (Å²) in [5.74, 6) is 1.50. The molecule has 0 radical (unpaired) electrons. The molecule has 2 N–H and O–H groups in total. The SMILES string of the molecule is COc1ccc(CCNC(=O)c2ccc(NCCN3CCOCC3)nc2)cc1. The van der Waals surface area contributed by atoms with Crippen LogP contribution >= 0.6 is 0 Å². The van der Waals surface area contributed by atoms with Crippen LogP contribution in [0.3, 0.4) is 0 Å². The standard InChI is InChI=1S/C21H28N4O3/c1-27-19-5-2-17(3-6-19)8-9-23-21(26)18-4-7-20(24-16-18)22-10-11-25-12-14-28-15-13-25/h2-7,16H,8-15H2,1H3,(H,22,24)(H,23,26). The lowest BCUT2D eigenvalue weighted by Crippen LogP contribution is -2.39. The highest BCUT2D eigenvalue weighted by Crippen LogP contribution is 2.11. The summed E-state index contributed by atoms with van der Waals surface area (Å²) in [4.78, 5) is 19.0. The average Bonchev–Trinajstić information content (AvgIpc) is 2.75. The molecule has 28 heavy (non-hydrogen) atoms. The Morgan fingerprint density at radius 3 is 2.61 bits per heavy atom. The van der Waals surface area contributed by atoms with Crippen LogP contribution < -0.4 is 15.4 Å². The van der Waals surface area contributed by atoms with Crippen LogP contribution in [0.5, 0.6) is 5.75 Å². The number of anilines is 1. The molecule has 7 nitrogen and oxygen atoms in total. The number of hydrogen-bond acceptors (Lipinski definition) is 6. The Balaban J connectivity index is 1.37. The number of carbonyl (C=O) groups excluding carboxylic acids is 1. The number of benzene rings is 1. The number of ether oxygens (including phenoxy) is 2. The Kier molecular flexibility index (Phi) is 7.63. The predicted molar refractivity (Wildman–Crippen MR) is 109 cm³/mol. The number of pyridine rings is 1. The lowest BCUT2D eigenvalue weighted by atomic mass is 10.1. The van der Waals surface area contributed by atoms with Crippen molar-refractivity contribution in [3.8, 4) is 5.75 Å². The number of amides is 1. The Bertz CT molecular complexity index is 728. The zero-order chi connectivity index (χ0) is 19.6. The summed E-state index contributed by atoms with van der Waals surface area (Å²) in [5.41, 5.74) is 1.72. The summed E-state index contributed by atoms with van der Waals surface area (Å²) >= 11 is 0. The fourth-order valence-corrected chi connectivity index (χ4v) is 3.01. The number of hydrogen-bond donors (Lipinski definition) is 2. The van der Waals surface area contributed by atoms with Gasteiger partial charge >= 0.3 is 0 Å². The normalized spacial score (nSPS) is 14.5. The molecule has 1 aliphatic rings. The average molecular weight is 384 g/mol. The summed E-state index contributed by atoms with van der Waals surface area (Å²) in [6.45, 7) is 5.92. The monoisotopic (exact) mass is 384 g/mol. The van der Waals surface area contributed by atoms with Crippen LogP contribution in [-0.4, -0.2) is 68.8 Å². The number of rotatable bonds is 9. The first-order valence-electron chi connectivity index (χ1n) is 9.66. The predicted octanol–water partition coefficient (Wildman–Crippen LogP) is 1.81. The molecule has 0 unspecified atom stereocenters. The van der Waals surface area contributed by atoms with Crippen molar-refractivity contribution in [2.24, 2.45) is 0 Å². The van der Waals surface area contributed by atoms with Crippen molar-refractivity contribution in [3.05, 3.63) is 53.7 Å². The topological polar surface area (TPSA) is 75.7 Å². The van der Waals surface area contributed by atoms with Gasteiger partial charge in [0, 0.05) is 38.9 Å². The van der Waals surface area contributed by atoms with Gasteiger partial charge in [-0.3, -0.25) is 9.69 Å². The summed E-state index contributed by atoms with van der Waals surface area (Å²) in [5, 5.41) is 6.23. The molecule has 2 aromatic rings. The zero-order valence-electron chi connectivity index (χ0n) is 16.3. The van der Waals surface area contributed by atoms with E-state index in [-0.39, 0.29) is 5.91 Å². The van der Waals surface area contributed by atoms with Crippen molar-refractivity contribution in [1.29, 1.82) is 0 Å². The smallest absolute Gasteiger partial charge is 0.252 e. The molecule has 1 aliphatic heterocycles. The van der Waals surface area contributed by atoms with Crippen LogP contribution in [-0.2, 0) is 11.2 Å². The highest BCUT2D eigenvalue weighted by Gasteiger charge is 2.10. The second kappa shape index (κ2) is 10.6. The molecule has 3 rings (SSSR count). The van der Waals surface area contributed by atoms with Crippen LogP contribution in [0.2, 0.25) is 0 Å². The Morgan fingerprint density at radius 2 is 1.93 bits per heavy atom. The van der Waals surface area contributed by atoms with Crippen molar-refractivity contribution in [1.82, 2.24) is 15.2 Å². The minimum absolute atomic E-state index is 0.110. The van der Waals surface area contributed by atoms with E-state index in [1.165, 1.54) is 0 Å². The second-order valence-corrected chi connectivity index (χ2v) is 6.67. The number of morpholine rings is 1. The van der Waals surface area contributed by atoms with E-state index in [9.17, 15) is 4.79 Å². The molecule has 1 aromatic carbocycles. The third kappa shape index (κ3) is 6.21. The quantitative estimate of drug-likeness (QED) is 0.687. The van der Waals surface area contributed by atoms with Crippen LogP contribution in [0.4, 0.5) is 5.82 Å². The molecule has 0 bridgehead atoms. The molecule has 2 heterocycles. The van der Waals surface area contributed by atoms with Crippen molar-refractivity contribution < 1.29 is 14.3 Å². The largest absolute Gasteiger partial charge is 0.497 e. The summed E-state index contributed by atoms with van der Waals surface area (Å²) in [6.07, 6.45) is 2.38. The van der Waals surface area contributed by atoms with Crippen LogP contribution in [0.25, 0.3) is 0 Å². The van der Waals surface area contributed by atoms with Crippen LogP contribution in [0.15, 0.2) is 42.6 Å². The third-order valence-corrected chi connectivity index (χ3v) is 4.72. The highest BCUT2D eigenvalue weighted by molar-refractivity contribution is 5.94. The number of methoxy groups -OCH3 is 1. The maximum atomic E-state index is 12.3. The molecule has 1 fully saturated rings. The van der Waals surface area contributed by atoms with Gasteiger partial charge in [-0.2, -0.15) is 0 Å². The first-order chi connectivity index (χ1) is 13.7. The van der Waals surface area contributed by atoms with E-state index < -0.39 is 0 Å². The molecule has 1 amide bonds. The number of nitrogens with zero attached hydrogens (tertiary/aromatic N) is 2. The van der Waals surface area contributed by atoms with E-state index >= 15 is 0 Å². The second-order valence-electron chi connectivity index (χ2n) is 6.67. The lowest BCUT2D eigenvalue weighted by Gasteiger charge is -2.26. The first kappa shape index (κ1) is 20.1. The molecular weight excluding hydrogens is 356 g/mol. The molecule has 0 saturated carbocycles. The minimum atomic E-state index is -0.110. The van der Waals surface area contributed by atoms with E-state index in [1.54, 1.807) is 19.4 Å². The van der Waals surface area contributed by atoms with Crippen LogP contribution in [0, 0.1) is 0 Å². The van der Waals surface area contributed by atoms with E-state index in [1.807, 2.05) is 30.3 Å². The third-order valence-electron chi connectivity index (χ3n) is 4.72. The molecule has 0 aliphatic carbocycles. The van der Waals surface area contributed by atoms with Crippen LogP contribution in [0.1, 0.15) is 15.9 Å². The van der Waals surface area contributed by atoms with Gasteiger partial charge in [0.15, 0.2) is 0 Å². The Labute approximate surface area is 166 Å². The van der Waals surface area contributed by atoms with Gasteiger partial charge in [0.25, 0.3) is 5.91 Å². The molecule has 0 spiro atoms. The molecule has 1 aromatic heterocycles. The van der Waals surface area contributed by atoms with E-state index in [0.717, 1.165) is 62.9 Å². The van der Waals surface area contributed by atoms with Gasteiger partial charge in [-0.05, 0) is 36.2 Å². The number of nitrogens with one attached hydrogen (secondary N) is 2. The Morgan fingerprint density at radius 1 is 1.14 bits per heavy atom. The van der Waals surface area contributed by atoms with E-state index in [0.29, 0.717) is 12.1 Å². The maximum Gasteiger partial charge on any atom is 0.252 e. The van der Waals surface area contributed by atoms with Gasteiger partial charge in [0.2, 0.25) is 0 Å². The fraction of sp³-hybridized carbons (Fsp3) is 0.429.